The summed E-state index contributed by atoms with van der Waals surface area (Å²) >= 11 is 0. The summed E-state index contributed by atoms with van der Waals surface area (Å²) in [5.41, 5.74) is 4.50. The number of rotatable bonds is 3. The van der Waals surface area contributed by atoms with Gasteiger partial charge in [-0.15, -0.1) is 0 Å². The summed E-state index contributed by atoms with van der Waals surface area (Å²) in [7, 11) is -3.73. The zero-order chi connectivity index (χ0) is 16.7. The van der Waals surface area contributed by atoms with E-state index in [1.165, 1.54) is 11.3 Å². The van der Waals surface area contributed by atoms with E-state index in [0.717, 1.165) is 22.9 Å². The molecule has 5 heteroatoms. The topological polar surface area (TPSA) is 59.2 Å². The summed E-state index contributed by atoms with van der Waals surface area (Å²) in [5.74, 6) is 0. The second kappa shape index (κ2) is 5.76. The molecule has 124 valence electrons. The Hall–Kier alpha value is -2.11. The van der Waals surface area contributed by atoms with E-state index < -0.39 is 10.1 Å². The standard InChI is InChI=1S/C19H19NO3S/c1-13-6-9-15(10-7-13)24(21,22)23-14-8-11-19-17(12-14)16-4-2-3-5-18(16)20-19/h2-7,9-10,14,20H,8,11-12H2,1H3/t14-/m1/s1. The Morgan fingerprint density at radius 1 is 1.08 bits per heavy atom. The van der Waals surface area contributed by atoms with Gasteiger partial charge in [0, 0.05) is 23.0 Å². The van der Waals surface area contributed by atoms with Crippen molar-refractivity contribution >= 4 is 21.0 Å². The number of aromatic amines is 1. The van der Waals surface area contributed by atoms with Crippen molar-refractivity contribution in [3.63, 3.8) is 0 Å². The Kier molecular flexibility index (Phi) is 3.70. The van der Waals surface area contributed by atoms with E-state index in [4.69, 9.17) is 4.18 Å². The average Bonchev–Trinajstić information content (AvgIpc) is 2.93. The van der Waals surface area contributed by atoms with Gasteiger partial charge >= 0.3 is 0 Å². The minimum absolute atomic E-state index is 0.220. The Balaban J connectivity index is 1.59. The fourth-order valence-corrected chi connectivity index (χ4v) is 4.46. The van der Waals surface area contributed by atoms with Crippen LogP contribution in [-0.2, 0) is 27.1 Å². The molecule has 1 aliphatic rings. The molecule has 1 atom stereocenters. The van der Waals surface area contributed by atoms with E-state index in [2.05, 4.69) is 11.1 Å². The van der Waals surface area contributed by atoms with E-state index in [-0.39, 0.29) is 11.0 Å². The van der Waals surface area contributed by atoms with E-state index in [9.17, 15) is 8.42 Å². The lowest BCUT2D eigenvalue weighted by molar-refractivity contribution is 0.192. The number of H-pyrrole nitrogens is 1. The van der Waals surface area contributed by atoms with Crippen LogP contribution >= 0.6 is 0 Å². The molecular formula is C19H19NO3S. The number of para-hydroxylation sites is 1. The lowest BCUT2D eigenvalue weighted by Crippen LogP contribution is -2.25. The third-order valence-corrected chi connectivity index (χ3v) is 6.00. The summed E-state index contributed by atoms with van der Waals surface area (Å²) in [5, 5.41) is 1.16. The van der Waals surface area contributed by atoms with Crippen LogP contribution in [0.4, 0.5) is 0 Å². The van der Waals surface area contributed by atoms with E-state index >= 15 is 0 Å². The third-order valence-electron chi connectivity index (χ3n) is 4.62. The molecule has 0 spiro atoms. The van der Waals surface area contributed by atoms with Gasteiger partial charge < -0.3 is 4.98 Å². The van der Waals surface area contributed by atoms with Crippen molar-refractivity contribution in [2.75, 3.05) is 0 Å². The molecule has 1 aliphatic carbocycles. The van der Waals surface area contributed by atoms with Crippen LogP contribution in [0.15, 0.2) is 53.4 Å². The smallest absolute Gasteiger partial charge is 0.297 e. The maximum absolute atomic E-state index is 12.5. The highest BCUT2D eigenvalue weighted by Crippen LogP contribution is 2.31. The second-order valence-electron chi connectivity index (χ2n) is 6.36. The summed E-state index contributed by atoms with van der Waals surface area (Å²) < 4.78 is 30.5. The molecular weight excluding hydrogens is 322 g/mol. The van der Waals surface area contributed by atoms with Crippen LogP contribution in [0.5, 0.6) is 0 Å². The van der Waals surface area contributed by atoms with Gasteiger partial charge in [0.15, 0.2) is 0 Å². The van der Waals surface area contributed by atoms with Crippen LogP contribution in [0.2, 0.25) is 0 Å². The first-order valence-electron chi connectivity index (χ1n) is 8.11. The number of fused-ring (bicyclic) bond motifs is 3. The fraction of sp³-hybridized carbons (Fsp3) is 0.263. The van der Waals surface area contributed by atoms with Crippen molar-refractivity contribution in [2.45, 2.75) is 37.2 Å². The highest BCUT2D eigenvalue weighted by atomic mass is 32.2. The third kappa shape index (κ3) is 2.74. The molecule has 0 unspecified atom stereocenters. The van der Waals surface area contributed by atoms with Crippen molar-refractivity contribution in [3.05, 3.63) is 65.4 Å². The van der Waals surface area contributed by atoms with Gasteiger partial charge in [0.1, 0.15) is 0 Å². The van der Waals surface area contributed by atoms with Crippen molar-refractivity contribution in [1.29, 1.82) is 0 Å². The maximum Gasteiger partial charge on any atom is 0.297 e. The van der Waals surface area contributed by atoms with E-state index in [1.54, 1.807) is 24.3 Å². The normalized spacial score (nSPS) is 17.8. The van der Waals surface area contributed by atoms with Crippen LogP contribution in [0.3, 0.4) is 0 Å². The molecule has 24 heavy (non-hydrogen) atoms. The number of benzene rings is 2. The van der Waals surface area contributed by atoms with Crippen molar-refractivity contribution in [3.8, 4) is 0 Å². The first-order chi connectivity index (χ1) is 11.5. The van der Waals surface area contributed by atoms with Gasteiger partial charge in [0.05, 0.1) is 11.0 Å². The monoisotopic (exact) mass is 341 g/mol. The Morgan fingerprint density at radius 3 is 2.62 bits per heavy atom. The molecule has 0 fully saturated rings. The SMILES string of the molecule is Cc1ccc(S(=O)(=O)O[C@@H]2CCc3[nH]c4ccccc4c3C2)cc1. The lowest BCUT2D eigenvalue weighted by atomic mass is 9.93. The molecule has 0 amide bonds. The van der Waals surface area contributed by atoms with Crippen molar-refractivity contribution in [2.24, 2.45) is 0 Å². The van der Waals surface area contributed by atoms with Crippen LogP contribution in [0, 0.1) is 6.92 Å². The van der Waals surface area contributed by atoms with Gasteiger partial charge in [-0.25, -0.2) is 0 Å². The van der Waals surface area contributed by atoms with E-state index in [0.29, 0.717) is 12.8 Å². The van der Waals surface area contributed by atoms with Gasteiger partial charge in [-0.1, -0.05) is 35.9 Å². The molecule has 1 aromatic heterocycles. The second-order valence-corrected chi connectivity index (χ2v) is 7.93. The molecule has 1 heterocycles. The van der Waals surface area contributed by atoms with Crippen molar-refractivity contribution in [1.82, 2.24) is 4.98 Å². The molecule has 4 nitrogen and oxygen atoms in total. The predicted octanol–water partition coefficient (Wildman–Crippen LogP) is 3.74. The molecule has 3 aromatic rings. The number of hydrogen-bond acceptors (Lipinski definition) is 3. The van der Waals surface area contributed by atoms with Crippen LogP contribution in [0.1, 0.15) is 23.2 Å². The largest absolute Gasteiger partial charge is 0.358 e. The summed E-state index contributed by atoms with van der Waals surface area (Å²) in [4.78, 5) is 3.65. The minimum atomic E-state index is -3.73. The lowest BCUT2D eigenvalue weighted by Gasteiger charge is -2.22. The van der Waals surface area contributed by atoms with Gasteiger partial charge in [-0.2, -0.15) is 8.42 Å². The molecule has 0 saturated carbocycles. The number of hydrogen-bond donors (Lipinski definition) is 1. The number of aryl methyl sites for hydroxylation is 2. The van der Waals surface area contributed by atoms with Crippen LogP contribution < -0.4 is 0 Å². The molecule has 0 aliphatic heterocycles. The highest BCUT2D eigenvalue weighted by Gasteiger charge is 2.28. The van der Waals surface area contributed by atoms with Gasteiger partial charge in [0.2, 0.25) is 0 Å². The summed E-state index contributed by atoms with van der Waals surface area (Å²) in [6.45, 7) is 1.93. The summed E-state index contributed by atoms with van der Waals surface area (Å²) in [6.07, 6.45) is 1.80. The zero-order valence-electron chi connectivity index (χ0n) is 13.5. The Morgan fingerprint density at radius 2 is 1.83 bits per heavy atom. The van der Waals surface area contributed by atoms with Crippen LogP contribution in [0.25, 0.3) is 10.9 Å². The molecule has 2 aromatic carbocycles. The molecule has 0 bridgehead atoms. The summed E-state index contributed by atoms with van der Waals surface area (Å²) in [6, 6.07) is 14.9. The van der Waals surface area contributed by atoms with Gasteiger partial charge in [-0.05, 0) is 43.5 Å². The van der Waals surface area contributed by atoms with E-state index in [1.807, 2.05) is 25.1 Å². The predicted molar refractivity (Wildman–Crippen MR) is 93.6 cm³/mol. The minimum Gasteiger partial charge on any atom is -0.358 e. The average molecular weight is 341 g/mol. The molecule has 0 radical (unpaired) electrons. The zero-order valence-corrected chi connectivity index (χ0v) is 14.3. The highest BCUT2D eigenvalue weighted by molar-refractivity contribution is 7.86. The Labute approximate surface area is 141 Å². The number of nitrogens with one attached hydrogen (secondary N) is 1. The van der Waals surface area contributed by atoms with Gasteiger partial charge in [-0.3, -0.25) is 4.18 Å². The quantitative estimate of drug-likeness (QED) is 0.738. The molecule has 1 N–H and O–H groups in total. The Bertz CT molecular complexity index is 987. The molecule has 4 rings (SSSR count). The van der Waals surface area contributed by atoms with Crippen LogP contribution in [-0.4, -0.2) is 19.5 Å². The van der Waals surface area contributed by atoms with Gasteiger partial charge in [0.25, 0.3) is 10.1 Å². The maximum atomic E-state index is 12.5. The first-order valence-corrected chi connectivity index (χ1v) is 9.52. The fourth-order valence-electron chi connectivity index (χ4n) is 3.36. The van der Waals surface area contributed by atoms with Crippen molar-refractivity contribution < 1.29 is 12.6 Å². The molecule has 0 saturated heterocycles. The number of aromatic nitrogens is 1. The first kappa shape index (κ1) is 15.4.